The van der Waals surface area contributed by atoms with Crippen LogP contribution in [0.5, 0.6) is 5.75 Å². The van der Waals surface area contributed by atoms with Crippen LogP contribution in [0.3, 0.4) is 0 Å². The molecule has 7 nitrogen and oxygen atoms in total. The Balaban J connectivity index is 0.00000676. The van der Waals surface area contributed by atoms with Crippen LogP contribution in [-0.2, 0) is 16.4 Å². The summed E-state index contributed by atoms with van der Waals surface area (Å²) in [6.07, 6.45) is 0.815. The van der Waals surface area contributed by atoms with E-state index in [9.17, 15) is 8.42 Å². The highest BCUT2D eigenvalue weighted by molar-refractivity contribution is 14.0. The van der Waals surface area contributed by atoms with Gasteiger partial charge in [0, 0.05) is 33.2 Å². The van der Waals surface area contributed by atoms with Crippen molar-refractivity contribution in [3.63, 3.8) is 0 Å². The summed E-state index contributed by atoms with van der Waals surface area (Å²) in [7, 11) is 0.111. The van der Waals surface area contributed by atoms with Crippen LogP contribution < -0.4 is 15.4 Å². The average molecular weight is 512 g/mol. The van der Waals surface area contributed by atoms with E-state index in [0.717, 1.165) is 17.7 Å². The highest BCUT2D eigenvalue weighted by Gasteiger charge is 2.18. The molecule has 0 aliphatic rings. The van der Waals surface area contributed by atoms with E-state index in [0.29, 0.717) is 32.1 Å². The van der Waals surface area contributed by atoms with E-state index < -0.39 is 10.0 Å². The quantitative estimate of drug-likeness (QED) is 0.285. The van der Waals surface area contributed by atoms with Gasteiger partial charge < -0.3 is 15.4 Å². The Bertz CT molecular complexity index is 692. The van der Waals surface area contributed by atoms with Crippen LogP contribution >= 0.6 is 24.0 Å². The van der Waals surface area contributed by atoms with Crippen LogP contribution in [-0.4, -0.2) is 64.8 Å². The number of guanidine groups is 1. The summed E-state index contributed by atoms with van der Waals surface area (Å²) in [5.74, 6) is 1.52. The van der Waals surface area contributed by atoms with Gasteiger partial charge in [-0.3, -0.25) is 4.99 Å². The Kier molecular flexibility index (Phi) is 12.6. The maximum atomic E-state index is 12.2. The van der Waals surface area contributed by atoms with Gasteiger partial charge in [-0.05, 0) is 30.5 Å². The molecule has 0 spiro atoms. The number of hydrogen-bond donors (Lipinski definition) is 2. The monoisotopic (exact) mass is 512 g/mol. The Morgan fingerprint density at radius 3 is 2.37 bits per heavy atom. The molecule has 1 aromatic rings. The average Bonchev–Trinajstić information content (AvgIpc) is 2.62. The number of nitrogens with zero attached hydrogens (tertiary/aromatic N) is 2. The lowest BCUT2D eigenvalue weighted by molar-refractivity contribution is 0.411. The molecule has 9 heteroatoms. The summed E-state index contributed by atoms with van der Waals surface area (Å²) in [5.41, 5.74) is 2.27. The van der Waals surface area contributed by atoms with Crippen LogP contribution in [0.2, 0.25) is 0 Å². The van der Waals surface area contributed by atoms with Crippen molar-refractivity contribution in [2.75, 3.05) is 46.1 Å². The number of halogens is 1. The minimum Gasteiger partial charge on any atom is -0.496 e. The third kappa shape index (κ3) is 8.65. The molecule has 0 amide bonds. The fourth-order valence-electron chi connectivity index (χ4n) is 2.61. The molecular weight excluding hydrogens is 479 g/mol. The van der Waals surface area contributed by atoms with Gasteiger partial charge in [0.05, 0.1) is 12.9 Å². The van der Waals surface area contributed by atoms with Crippen molar-refractivity contribution < 1.29 is 13.2 Å². The summed E-state index contributed by atoms with van der Waals surface area (Å²) in [4.78, 5) is 4.13. The molecule has 2 N–H and O–H groups in total. The van der Waals surface area contributed by atoms with E-state index in [1.165, 1.54) is 9.87 Å². The van der Waals surface area contributed by atoms with Crippen LogP contribution in [0, 0.1) is 6.92 Å². The van der Waals surface area contributed by atoms with Crippen molar-refractivity contribution in [1.82, 2.24) is 14.9 Å². The minimum atomic E-state index is -3.23. The predicted octanol–water partition coefficient (Wildman–Crippen LogP) is 2.00. The van der Waals surface area contributed by atoms with Crippen molar-refractivity contribution >= 4 is 40.0 Å². The maximum absolute atomic E-state index is 12.2. The van der Waals surface area contributed by atoms with Gasteiger partial charge in [0.15, 0.2) is 5.96 Å². The number of benzene rings is 1. The predicted molar refractivity (Wildman–Crippen MR) is 123 cm³/mol. The first kappa shape index (κ1) is 25.9. The molecule has 156 valence electrons. The highest BCUT2D eigenvalue weighted by atomic mass is 127. The molecule has 1 aromatic carbocycles. The molecule has 0 aliphatic heterocycles. The summed E-state index contributed by atoms with van der Waals surface area (Å²) < 4.78 is 31.1. The van der Waals surface area contributed by atoms with Gasteiger partial charge in [0.2, 0.25) is 10.0 Å². The van der Waals surface area contributed by atoms with Gasteiger partial charge in [-0.25, -0.2) is 12.7 Å². The Hall–Kier alpha value is -1.07. The molecule has 1 rings (SSSR count). The smallest absolute Gasteiger partial charge is 0.215 e. The standard InChI is InChI=1S/C18H32N4O3S.HI/c1-6-22(7-2)26(23,24)13-12-21-18(19-4)20-11-10-16-9-8-15(3)17(14-16)25-5;/h8-9,14H,6-7,10-13H2,1-5H3,(H2,19,20,21);1H. The number of rotatable bonds is 10. The number of aliphatic imine (C=N–C) groups is 1. The van der Waals surface area contributed by atoms with Gasteiger partial charge in [0.25, 0.3) is 0 Å². The Morgan fingerprint density at radius 1 is 1.19 bits per heavy atom. The lowest BCUT2D eigenvalue weighted by atomic mass is 10.1. The second-order valence-electron chi connectivity index (χ2n) is 5.88. The first-order valence-corrected chi connectivity index (χ1v) is 10.5. The number of methoxy groups -OCH3 is 1. The van der Waals surface area contributed by atoms with Crippen molar-refractivity contribution in [1.29, 1.82) is 0 Å². The van der Waals surface area contributed by atoms with Crippen molar-refractivity contribution in [3.05, 3.63) is 29.3 Å². The molecule has 0 bridgehead atoms. The Labute approximate surface area is 181 Å². The topological polar surface area (TPSA) is 83.0 Å². The minimum absolute atomic E-state index is 0. The Morgan fingerprint density at radius 2 is 1.81 bits per heavy atom. The van der Waals surface area contributed by atoms with Gasteiger partial charge in [-0.1, -0.05) is 26.0 Å². The van der Waals surface area contributed by atoms with Gasteiger partial charge in [-0.15, -0.1) is 24.0 Å². The van der Waals surface area contributed by atoms with Crippen LogP contribution in [0.1, 0.15) is 25.0 Å². The number of sulfonamides is 1. The summed E-state index contributed by atoms with van der Waals surface area (Å²) in [6.45, 7) is 7.69. The zero-order valence-corrected chi connectivity index (χ0v) is 20.1. The molecule has 0 aromatic heterocycles. The molecule has 0 unspecified atom stereocenters. The lowest BCUT2D eigenvalue weighted by Crippen LogP contribution is -2.42. The van der Waals surface area contributed by atoms with Gasteiger partial charge in [-0.2, -0.15) is 0 Å². The van der Waals surface area contributed by atoms with E-state index in [1.807, 2.05) is 32.9 Å². The van der Waals surface area contributed by atoms with E-state index in [2.05, 4.69) is 21.7 Å². The number of nitrogens with one attached hydrogen (secondary N) is 2. The van der Waals surface area contributed by atoms with Gasteiger partial charge >= 0.3 is 0 Å². The first-order chi connectivity index (χ1) is 12.4. The van der Waals surface area contributed by atoms with Crippen LogP contribution in [0.25, 0.3) is 0 Å². The van der Waals surface area contributed by atoms with E-state index >= 15 is 0 Å². The van der Waals surface area contributed by atoms with E-state index in [-0.39, 0.29) is 29.7 Å². The molecule has 0 heterocycles. The normalized spacial score (nSPS) is 11.9. The third-order valence-electron chi connectivity index (χ3n) is 4.15. The van der Waals surface area contributed by atoms with Crippen molar-refractivity contribution in [3.8, 4) is 5.75 Å². The molecule has 27 heavy (non-hydrogen) atoms. The fourth-order valence-corrected chi connectivity index (χ4v) is 4.02. The summed E-state index contributed by atoms with van der Waals surface area (Å²) >= 11 is 0. The second kappa shape index (κ2) is 13.2. The first-order valence-electron chi connectivity index (χ1n) is 8.93. The second-order valence-corrected chi connectivity index (χ2v) is 7.97. The molecule has 0 fully saturated rings. The molecule has 0 radical (unpaired) electrons. The van der Waals surface area contributed by atoms with Crippen LogP contribution in [0.4, 0.5) is 0 Å². The summed E-state index contributed by atoms with van der Waals surface area (Å²) in [5, 5.41) is 6.26. The highest BCUT2D eigenvalue weighted by Crippen LogP contribution is 2.18. The number of ether oxygens (including phenoxy) is 1. The van der Waals surface area contributed by atoms with E-state index in [4.69, 9.17) is 4.74 Å². The van der Waals surface area contributed by atoms with Gasteiger partial charge in [0.1, 0.15) is 5.75 Å². The zero-order valence-electron chi connectivity index (χ0n) is 16.9. The molecule has 0 aliphatic carbocycles. The number of aryl methyl sites for hydroxylation is 1. The molecule has 0 saturated heterocycles. The zero-order chi connectivity index (χ0) is 19.6. The third-order valence-corrected chi connectivity index (χ3v) is 6.18. The summed E-state index contributed by atoms with van der Waals surface area (Å²) in [6, 6.07) is 6.15. The van der Waals surface area contributed by atoms with E-state index in [1.54, 1.807) is 14.2 Å². The van der Waals surface area contributed by atoms with Crippen molar-refractivity contribution in [2.24, 2.45) is 4.99 Å². The largest absolute Gasteiger partial charge is 0.496 e. The fraction of sp³-hybridized carbons (Fsp3) is 0.611. The number of hydrogen-bond acceptors (Lipinski definition) is 4. The SMILES string of the molecule is CCN(CC)S(=O)(=O)CCNC(=NC)NCCc1ccc(C)c(OC)c1.I. The molecular formula is C18H33IN4O3S. The molecule has 0 atom stereocenters. The van der Waals surface area contributed by atoms with Crippen LogP contribution in [0.15, 0.2) is 23.2 Å². The maximum Gasteiger partial charge on any atom is 0.215 e. The lowest BCUT2D eigenvalue weighted by Gasteiger charge is -2.19. The van der Waals surface area contributed by atoms with Crippen molar-refractivity contribution in [2.45, 2.75) is 27.2 Å². The molecule has 0 saturated carbocycles.